The molecule has 138 valence electrons. The van der Waals surface area contributed by atoms with Crippen molar-refractivity contribution in [1.29, 1.82) is 0 Å². The summed E-state index contributed by atoms with van der Waals surface area (Å²) in [5, 5.41) is 13.9. The van der Waals surface area contributed by atoms with E-state index in [0.29, 0.717) is 11.3 Å². The van der Waals surface area contributed by atoms with Crippen LogP contribution in [-0.4, -0.2) is 15.9 Å². The van der Waals surface area contributed by atoms with Crippen LogP contribution in [0.4, 0.5) is 5.69 Å². The van der Waals surface area contributed by atoms with E-state index in [9.17, 15) is 14.9 Å². The number of thiazole rings is 1. The predicted octanol–water partition coefficient (Wildman–Crippen LogP) is 4.30. The van der Waals surface area contributed by atoms with E-state index >= 15 is 0 Å². The minimum absolute atomic E-state index is 0.0891. The minimum Gasteiger partial charge on any atom is -0.486 e. The molecule has 7 nitrogen and oxygen atoms in total. The lowest BCUT2D eigenvalue weighted by molar-refractivity contribution is -0.385. The normalized spacial score (nSPS) is 10.4. The van der Waals surface area contributed by atoms with Crippen molar-refractivity contribution >= 4 is 23.0 Å². The number of nitro groups is 1. The molecule has 0 saturated heterocycles. The molecule has 0 spiro atoms. The van der Waals surface area contributed by atoms with Gasteiger partial charge in [0.25, 0.3) is 5.69 Å². The molecule has 0 amide bonds. The highest BCUT2D eigenvalue weighted by Gasteiger charge is 2.17. The van der Waals surface area contributed by atoms with E-state index in [1.165, 1.54) is 17.4 Å². The van der Waals surface area contributed by atoms with Crippen LogP contribution in [-0.2, 0) is 18.0 Å². The Morgan fingerprint density at radius 2 is 1.89 bits per heavy atom. The van der Waals surface area contributed by atoms with Gasteiger partial charge in [0.05, 0.1) is 21.2 Å². The number of nitrogens with zero attached hydrogens (tertiary/aromatic N) is 2. The van der Waals surface area contributed by atoms with Crippen molar-refractivity contribution in [2.24, 2.45) is 0 Å². The largest absolute Gasteiger partial charge is 0.486 e. The summed E-state index contributed by atoms with van der Waals surface area (Å²) in [4.78, 5) is 27.3. The van der Waals surface area contributed by atoms with Crippen LogP contribution in [0.3, 0.4) is 0 Å². The minimum atomic E-state index is -0.613. The van der Waals surface area contributed by atoms with Crippen molar-refractivity contribution in [3.05, 3.63) is 85.9 Å². The van der Waals surface area contributed by atoms with E-state index in [2.05, 4.69) is 4.98 Å². The SMILES string of the molecule is Cc1nc(COc2ccccc2C(=O)OCc2ccccc2[N+](=O)[O-])cs1. The first kappa shape index (κ1) is 18.5. The smallest absolute Gasteiger partial charge is 0.342 e. The standard InChI is InChI=1S/C19H16N2O5S/c1-13-20-15(12-27-13)11-25-18-9-5-3-7-16(18)19(22)26-10-14-6-2-4-8-17(14)21(23)24/h2-9,12H,10-11H2,1H3. The third kappa shape index (κ3) is 4.68. The van der Waals surface area contributed by atoms with Crippen molar-refractivity contribution < 1.29 is 19.2 Å². The molecule has 3 aromatic rings. The molecule has 1 aromatic heterocycles. The molecule has 0 unspecified atom stereocenters. The van der Waals surface area contributed by atoms with Crippen LogP contribution >= 0.6 is 11.3 Å². The summed E-state index contributed by atoms with van der Waals surface area (Å²) in [5.41, 5.74) is 1.27. The third-order valence-electron chi connectivity index (χ3n) is 3.70. The molecular formula is C19H16N2O5S. The number of benzene rings is 2. The monoisotopic (exact) mass is 384 g/mol. The fourth-order valence-electron chi connectivity index (χ4n) is 2.42. The zero-order valence-corrected chi connectivity index (χ0v) is 15.3. The molecule has 0 aliphatic heterocycles. The molecule has 0 aliphatic carbocycles. The number of carbonyl (C=O) groups excluding carboxylic acids is 1. The Labute approximate surface area is 159 Å². The summed E-state index contributed by atoms with van der Waals surface area (Å²) in [6.45, 7) is 1.94. The Kier molecular flexibility index (Phi) is 5.77. The van der Waals surface area contributed by atoms with Crippen LogP contribution in [0.5, 0.6) is 5.75 Å². The maximum Gasteiger partial charge on any atom is 0.342 e. The summed E-state index contributed by atoms with van der Waals surface area (Å²) in [6, 6.07) is 12.8. The van der Waals surface area contributed by atoms with Gasteiger partial charge in [-0.05, 0) is 25.1 Å². The fourth-order valence-corrected chi connectivity index (χ4v) is 3.02. The number of hydrogen-bond acceptors (Lipinski definition) is 7. The molecule has 27 heavy (non-hydrogen) atoms. The van der Waals surface area contributed by atoms with Crippen molar-refractivity contribution in [3.63, 3.8) is 0 Å². The summed E-state index contributed by atoms with van der Waals surface area (Å²) in [7, 11) is 0. The van der Waals surface area contributed by atoms with Crippen molar-refractivity contribution in [3.8, 4) is 5.75 Å². The molecular weight excluding hydrogens is 368 g/mol. The molecule has 1 heterocycles. The van der Waals surface area contributed by atoms with Gasteiger partial charge in [-0.3, -0.25) is 10.1 Å². The predicted molar refractivity (Wildman–Crippen MR) is 99.8 cm³/mol. The maximum absolute atomic E-state index is 12.4. The van der Waals surface area contributed by atoms with Gasteiger partial charge in [-0.15, -0.1) is 11.3 Å². The van der Waals surface area contributed by atoms with Gasteiger partial charge < -0.3 is 9.47 Å². The third-order valence-corrected chi connectivity index (χ3v) is 4.52. The van der Waals surface area contributed by atoms with Gasteiger partial charge in [0.2, 0.25) is 0 Å². The lowest BCUT2D eigenvalue weighted by Gasteiger charge is -2.10. The van der Waals surface area contributed by atoms with Gasteiger partial charge in [0, 0.05) is 11.4 Å². The highest BCUT2D eigenvalue weighted by Crippen LogP contribution is 2.23. The van der Waals surface area contributed by atoms with Gasteiger partial charge in [-0.1, -0.05) is 24.3 Å². The Hall–Kier alpha value is -3.26. The van der Waals surface area contributed by atoms with Crippen molar-refractivity contribution in [2.45, 2.75) is 20.1 Å². The lowest BCUT2D eigenvalue weighted by Crippen LogP contribution is -2.09. The van der Waals surface area contributed by atoms with E-state index in [4.69, 9.17) is 9.47 Å². The van der Waals surface area contributed by atoms with E-state index in [1.54, 1.807) is 42.5 Å². The first-order valence-electron chi connectivity index (χ1n) is 8.07. The number of aryl methyl sites for hydroxylation is 1. The molecule has 0 atom stereocenters. The molecule has 3 rings (SSSR count). The van der Waals surface area contributed by atoms with Gasteiger partial charge >= 0.3 is 5.97 Å². The molecule has 0 saturated carbocycles. The number of ether oxygens (including phenoxy) is 2. The number of carbonyl (C=O) groups is 1. The molecule has 8 heteroatoms. The second-order valence-electron chi connectivity index (χ2n) is 5.60. The van der Waals surface area contributed by atoms with Gasteiger partial charge in [0.15, 0.2) is 0 Å². The number of para-hydroxylation sites is 2. The maximum atomic E-state index is 12.4. The second kappa shape index (κ2) is 8.41. The van der Waals surface area contributed by atoms with E-state index in [0.717, 1.165) is 10.7 Å². The molecule has 0 bridgehead atoms. The topological polar surface area (TPSA) is 91.6 Å². The Morgan fingerprint density at radius 1 is 1.15 bits per heavy atom. The fraction of sp³-hybridized carbons (Fsp3) is 0.158. The van der Waals surface area contributed by atoms with Crippen molar-refractivity contribution in [2.75, 3.05) is 0 Å². The van der Waals surface area contributed by atoms with Crippen LogP contribution in [0.2, 0.25) is 0 Å². The average molecular weight is 384 g/mol. The van der Waals surface area contributed by atoms with E-state index in [-0.39, 0.29) is 24.5 Å². The summed E-state index contributed by atoms with van der Waals surface area (Å²) in [5.74, 6) is -0.242. The summed E-state index contributed by atoms with van der Waals surface area (Å²) >= 11 is 1.52. The molecule has 0 radical (unpaired) electrons. The first-order chi connectivity index (χ1) is 13.0. The number of hydrogen-bond donors (Lipinski definition) is 0. The second-order valence-corrected chi connectivity index (χ2v) is 6.67. The first-order valence-corrected chi connectivity index (χ1v) is 8.95. The summed E-state index contributed by atoms with van der Waals surface area (Å²) < 4.78 is 11.0. The zero-order valence-electron chi connectivity index (χ0n) is 14.5. The van der Waals surface area contributed by atoms with Gasteiger partial charge in [-0.2, -0.15) is 0 Å². The van der Waals surface area contributed by atoms with Crippen LogP contribution < -0.4 is 4.74 Å². The van der Waals surface area contributed by atoms with Crippen LogP contribution in [0.1, 0.15) is 26.6 Å². The van der Waals surface area contributed by atoms with Crippen LogP contribution in [0, 0.1) is 17.0 Å². The molecule has 0 aliphatic rings. The average Bonchev–Trinajstić information content (AvgIpc) is 3.10. The van der Waals surface area contributed by atoms with Crippen LogP contribution in [0.15, 0.2) is 53.9 Å². The number of nitro benzene ring substituents is 1. The zero-order chi connectivity index (χ0) is 19.2. The Morgan fingerprint density at radius 3 is 2.63 bits per heavy atom. The highest BCUT2D eigenvalue weighted by molar-refractivity contribution is 7.09. The number of esters is 1. The van der Waals surface area contributed by atoms with E-state index < -0.39 is 10.9 Å². The highest BCUT2D eigenvalue weighted by atomic mass is 32.1. The summed E-state index contributed by atoms with van der Waals surface area (Å²) in [6.07, 6.45) is 0. The molecule has 0 N–H and O–H groups in total. The lowest BCUT2D eigenvalue weighted by atomic mass is 10.2. The number of rotatable bonds is 7. The van der Waals surface area contributed by atoms with Gasteiger partial charge in [-0.25, -0.2) is 9.78 Å². The van der Waals surface area contributed by atoms with Crippen LogP contribution in [0.25, 0.3) is 0 Å². The Bertz CT molecular complexity index is 970. The van der Waals surface area contributed by atoms with Crippen molar-refractivity contribution in [1.82, 2.24) is 4.98 Å². The molecule has 2 aromatic carbocycles. The Balaban J connectivity index is 1.69. The number of aromatic nitrogens is 1. The van der Waals surface area contributed by atoms with Gasteiger partial charge in [0.1, 0.15) is 24.5 Å². The quantitative estimate of drug-likeness (QED) is 0.343. The molecule has 0 fully saturated rings. The van der Waals surface area contributed by atoms with E-state index in [1.807, 2.05) is 12.3 Å².